The Bertz CT molecular complexity index is 731. The third-order valence-electron chi connectivity index (χ3n) is 7.40. The van der Waals surface area contributed by atoms with Gasteiger partial charge in [0.1, 0.15) is 22.0 Å². The van der Waals surface area contributed by atoms with E-state index in [1.807, 2.05) is 0 Å². The van der Waals surface area contributed by atoms with Gasteiger partial charge in [0.15, 0.2) is 4.33 Å². The van der Waals surface area contributed by atoms with Gasteiger partial charge in [-0.15, -0.1) is 46.4 Å². The lowest BCUT2D eigenvalue weighted by Crippen LogP contribution is -2.66. The monoisotopic (exact) mass is 480 g/mol. The van der Waals surface area contributed by atoms with Gasteiger partial charge in [0.25, 0.3) is 0 Å². The zero-order chi connectivity index (χ0) is 19.2. The lowest BCUT2D eigenvalue weighted by atomic mass is 9.61. The van der Waals surface area contributed by atoms with Crippen molar-refractivity contribution in [3.8, 4) is 0 Å². The maximum Gasteiger partial charge on any atom is 0.303 e. The summed E-state index contributed by atoms with van der Waals surface area (Å²) in [6.45, 7) is 2.61. The molecule has 10 heteroatoms. The van der Waals surface area contributed by atoms with Crippen LogP contribution in [-0.2, 0) is 19.1 Å². The number of carbonyl (C=O) groups is 2. The van der Waals surface area contributed by atoms with E-state index in [0.717, 1.165) is 0 Å². The van der Waals surface area contributed by atoms with Crippen LogP contribution in [0.1, 0.15) is 13.8 Å². The second-order valence-electron chi connectivity index (χ2n) is 8.06. The molecular weight excluding hydrogens is 469 g/mol. The van der Waals surface area contributed by atoms with Gasteiger partial charge < -0.3 is 9.47 Å². The van der Waals surface area contributed by atoms with E-state index in [1.165, 1.54) is 13.8 Å². The second-order valence-corrected chi connectivity index (χ2v) is 11.7. The highest BCUT2D eigenvalue weighted by Crippen LogP contribution is 2.93. The van der Waals surface area contributed by atoms with E-state index in [0.29, 0.717) is 0 Å². The van der Waals surface area contributed by atoms with E-state index in [4.69, 9.17) is 79.1 Å². The molecule has 0 aliphatic heterocycles. The molecule has 11 atom stereocenters. The van der Waals surface area contributed by atoms with E-state index in [-0.39, 0.29) is 29.6 Å². The summed E-state index contributed by atoms with van der Waals surface area (Å²) in [7, 11) is 0. The zero-order valence-corrected chi connectivity index (χ0v) is 18.1. The largest absolute Gasteiger partial charge is 0.458 e. The van der Waals surface area contributed by atoms with Gasteiger partial charge in [-0.05, 0) is 17.8 Å². The molecule has 4 nitrogen and oxygen atoms in total. The molecule has 5 rings (SSSR count). The van der Waals surface area contributed by atoms with E-state index in [1.54, 1.807) is 0 Å². The van der Waals surface area contributed by atoms with Crippen LogP contribution in [0.2, 0.25) is 0 Å². The van der Waals surface area contributed by atoms with Gasteiger partial charge in [-0.2, -0.15) is 0 Å². The molecule has 0 aromatic heterocycles. The van der Waals surface area contributed by atoms with Gasteiger partial charge in [0.2, 0.25) is 0 Å². The molecule has 0 aromatic rings. The molecule has 6 bridgehead atoms. The van der Waals surface area contributed by atoms with Crippen LogP contribution in [0.15, 0.2) is 0 Å². The first-order valence-corrected chi connectivity index (χ1v) is 10.6. The zero-order valence-electron chi connectivity index (χ0n) is 13.5. The molecule has 0 amide bonds. The number of ether oxygens (including phenoxy) is 2. The minimum atomic E-state index is -1.57. The van der Waals surface area contributed by atoms with Gasteiger partial charge in [0.05, 0.1) is 10.3 Å². The maximum absolute atomic E-state index is 11.7. The maximum atomic E-state index is 11.7. The normalized spacial score (nSPS) is 62.2. The smallest absolute Gasteiger partial charge is 0.303 e. The molecular formula is C16H14Cl6O4. The number of halogens is 6. The predicted octanol–water partition coefficient (Wildman–Crippen LogP) is 3.71. The van der Waals surface area contributed by atoms with Crippen molar-refractivity contribution >= 4 is 81.5 Å². The fourth-order valence-corrected chi connectivity index (χ4v) is 11.2. The molecule has 0 N–H and O–H groups in total. The fourth-order valence-electron chi connectivity index (χ4n) is 7.15. The summed E-state index contributed by atoms with van der Waals surface area (Å²) in [5.41, 5.74) is 0. The summed E-state index contributed by atoms with van der Waals surface area (Å²) >= 11 is 41.3. The van der Waals surface area contributed by atoms with Crippen molar-refractivity contribution in [3.05, 3.63) is 0 Å². The summed E-state index contributed by atoms with van der Waals surface area (Å²) in [5, 5.41) is -0.771. The summed E-state index contributed by atoms with van der Waals surface area (Å²) in [5.74, 6) is -2.32. The average Bonchev–Trinajstić information content (AvgIpc) is 3.11. The lowest BCUT2D eigenvalue weighted by Gasteiger charge is -2.55. The van der Waals surface area contributed by atoms with Crippen molar-refractivity contribution in [1.82, 2.24) is 0 Å². The fraction of sp³-hybridized carbons (Fsp3) is 0.875. The van der Waals surface area contributed by atoms with Crippen molar-refractivity contribution in [2.75, 3.05) is 0 Å². The molecule has 5 aliphatic rings. The Kier molecular flexibility index (Phi) is 3.50. The van der Waals surface area contributed by atoms with Gasteiger partial charge in [-0.25, -0.2) is 0 Å². The Hall–Kier alpha value is 0.680. The van der Waals surface area contributed by atoms with Crippen molar-refractivity contribution < 1.29 is 19.1 Å². The quantitative estimate of drug-likeness (QED) is 0.445. The SMILES string of the molecule is CC(=O)O[C@@H]1[C@@H](OC(C)=O)[C@@H]2C3[C@H]1[C@@H]1[C@H]2[C@]2(Cl)[C@H](Cl)[C@@]3(Cl)[C@@]1(Cl)C2(Cl)Cl. The van der Waals surface area contributed by atoms with Gasteiger partial charge >= 0.3 is 11.9 Å². The van der Waals surface area contributed by atoms with Crippen LogP contribution in [0.5, 0.6) is 0 Å². The van der Waals surface area contributed by atoms with Crippen LogP contribution >= 0.6 is 69.6 Å². The minimum Gasteiger partial charge on any atom is -0.458 e. The molecule has 1 unspecified atom stereocenters. The van der Waals surface area contributed by atoms with Crippen LogP contribution in [0.3, 0.4) is 0 Å². The third-order valence-corrected chi connectivity index (χ3v) is 12.4. The molecule has 0 aromatic carbocycles. The molecule has 26 heavy (non-hydrogen) atoms. The van der Waals surface area contributed by atoms with E-state index in [2.05, 4.69) is 0 Å². The third kappa shape index (κ3) is 1.45. The van der Waals surface area contributed by atoms with E-state index < -0.39 is 48.5 Å². The molecule has 0 heterocycles. The molecule has 5 fully saturated rings. The Labute approximate surface area is 180 Å². The number of esters is 2. The lowest BCUT2D eigenvalue weighted by molar-refractivity contribution is -0.176. The van der Waals surface area contributed by atoms with Crippen LogP contribution in [0, 0.1) is 29.6 Å². The Morgan fingerprint density at radius 3 is 1.69 bits per heavy atom. The molecule has 144 valence electrons. The number of alkyl halides is 6. The van der Waals surface area contributed by atoms with Gasteiger partial charge in [-0.1, -0.05) is 23.2 Å². The van der Waals surface area contributed by atoms with Gasteiger partial charge in [-0.3, -0.25) is 9.59 Å². The van der Waals surface area contributed by atoms with Crippen LogP contribution in [0.25, 0.3) is 0 Å². The highest BCUT2D eigenvalue weighted by molar-refractivity contribution is 6.63. The first-order valence-electron chi connectivity index (χ1n) is 8.31. The molecule has 5 saturated carbocycles. The van der Waals surface area contributed by atoms with E-state index >= 15 is 0 Å². The summed E-state index contributed by atoms with van der Waals surface area (Å²) < 4.78 is 9.53. The first-order chi connectivity index (χ1) is 11.9. The van der Waals surface area contributed by atoms with Crippen molar-refractivity contribution in [3.63, 3.8) is 0 Å². The Morgan fingerprint density at radius 1 is 0.769 bits per heavy atom. The number of carbonyl (C=O) groups excluding carboxylic acids is 2. The van der Waals surface area contributed by atoms with Crippen LogP contribution in [0.4, 0.5) is 0 Å². The van der Waals surface area contributed by atoms with Crippen molar-refractivity contribution in [2.45, 2.75) is 50.4 Å². The Balaban J connectivity index is 1.71. The number of hydrogen-bond donors (Lipinski definition) is 0. The highest BCUT2D eigenvalue weighted by atomic mass is 35.5. The molecule has 0 saturated heterocycles. The standard InChI is InChI=1S/C16H14Cl6O4/c1-3(23)25-10-5-7-6(11(10)26-4(2)24)9-8(5)14(19)12(17)13(7,18)15(9,20)16(14,21)22/h5-12H,1-2H3/t5-,6+,7?,8+,9-,10+,11+,12-,13-,14+,15-/m1/s1. The molecule has 0 radical (unpaired) electrons. The summed E-state index contributed by atoms with van der Waals surface area (Å²) in [6, 6.07) is 0. The summed E-state index contributed by atoms with van der Waals surface area (Å²) in [6.07, 6.45) is -1.34. The summed E-state index contributed by atoms with van der Waals surface area (Å²) in [4.78, 5) is 19.7. The molecule has 0 spiro atoms. The topological polar surface area (TPSA) is 52.6 Å². The van der Waals surface area contributed by atoms with Crippen molar-refractivity contribution in [2.24, 2.45) is 29.6 Å². The van der Waals surface area contributed by atoms with Crippen LogP contribution < -0.4 is 0 Å². The second kappa shape index (κ2) is 4.87. The van der Waals surface area contributed by atoms with Crippen LogP contribution in [-0.4, -0.2) is 48.5 Å². The van der Waals surface area contributed by atoms with E-state index in [9.17, 15) is 9.59 Å². The van der Waals surface area contributed by atoms with Crippen molar-refractivity contribution in [1.29, 1.82) is 0 Å². The Morgan fingerprint density at radius 2 is 1.23 bits per heavy atom. The number of rotatable bonds is 2. The molecule has 5 aliphatic carbocycles. The average molecular weight is 483 g/mol. The minimum absolute atomic E-state index is 0.265. The predicted molar refractivity (Wildman–Crippen MR) is 98.4 cm³/mol. The highest BCUT2D eigenvalue weighted by Gasteiger charge is 3.03. The number of fused-ring (bicyclic) bond motifs is 3. The van der Waals surface area contributed by atoms with Gasteiger partial charge in [0, 0.05) is 25.7 Å². The first kappa shape index (κ1) is 18.7. The number of hydrogen-bond acceptors (Lipinski definition) is 4.